The van der Waals surface area contributed by atoms with E-state index in [1.807, 2.05) is 0 Å². The Morgan fingerprint density at radius 1 is 1.53 bits per heavy atom. The highest BCUT2D eigenvalue weighted by molar-refractivity contribution is 5.82. The molecule has 2 aliphatic rings. The van der Waals surface area contributed by atoms with E-state index in [1.54, 1.807) is 0 Å². The molecule has 0 radical (unpaired) electrons. The van der Waals surface area contributed by atoms with Gasteiger partial charge >= 0.3 is 0 Å². The number of hydrogen-bond donors (Lipinski definition) is 3. The zero-order valence-corrected chi connectivity index (χ0v) is 10.8. The summed E-state index contributed by atoms with van der Waals surface area (Å²) in [5.74, 6) is 0.659. The van der Waals surface area contributed by atoms with Gasteiger partial charge in [0.15, 0.2) is 0 Å². The summed E-state index contributed by atoms with van der Waals surface area (Å²) in [4.78, 5) is 2.30. The minimum absolute atomic E-state index is 0.0708. The van der Waals surface area contributed by atoms with Gasteiger partial charge in [0.1, 0.15) is 5.84 Å². The highest BCUT2D eigenvalue weighted by Gasteiger charge is 2.43. The smallest absolute Gasteiger partial charge is 0.108 e. The van der Waals surface area contributed by atoms with E-state index < -0.39 is 5.60 Å². The molecule has 0 bridgehead atoms. The van der Waals surface area contributed by atoms with E-state index >= 15 is 0 Å². The zero-order valence-electron chi connectivity index (χ0n) is 10.8. The second-order valence-corrected chi connectivity index (χ2v) is 5.67. The summed E-state index contributed by atoms with van der Waals surface area (Å²) < 4.78 is 0. The first-order valence-electron chi connectivity index (χ1n) is 6.87. The number of nitrogens with one attached hydrogen (secondary N) is 1. The van der Waals surface area contributed by atoms with E-state index in [0.29, 0.717) is 5.92 Å². The number of fused-ring (bicyclic) bond motifs is 1. The van der Waals surface area contributed by atoms with Gasteiger partial charge in [-0.2, -0.15) is 0 Å². The van der Waals surface area contributed by atoms with Gasteiger partial charge in [0, 0.05) is 19.0 Å². The van der Waals surface area contributed by atoms with Crippen molar-refractivity contribution in [3.63, 3.8) is 0 Å². The summed E-state index contributed by atoms with van der Waals surface area (Å²) >= 11 is 0. The molecule has 1 aliphatic heterocycles. The van der Waals surface area contributed by atoms with Crippen LogP contribution in [0.3, 0.4) is 0 Å². The standard InChI is InChI=1S/C13H25N3O/c1-2-11(12(14)15)16-8-7-13(17)6-4-3-5-10(13)9-16/h10-11,17H,2-9H2,1H3,(H3,14,15). The van der Waals surface area contributed by atoms with Crippen LogP contribution in [0.4, 0.5) is 0 Å². The Bertz CT molecular complexity index is 294. The van der Waals surface area contributed by atoms with Gasteiger partial charge in [-0.05, 0) is 25.7 Å². The van der Waals surface area contributed by atoms with Crippen LogP contribution in [0.25, 0.3) is 0 Å². The minimum atomic E-state index is -0.427. The van der Waals surface area contributed by atoms with Crippen LogP contribution in [-0.4, -0.2) is 40.6 Å². The van der Waals surface area contributed by atoms with Crippen LogP contribution in [-0.2, 0) is 0 Å². The third-order valence-corrected chi connectivity index (χ3v) is 4.65. The molecule has 98 valence electrons. The SMILES string of the molecule is CCC(C(=N)N)N1CCC2(O)CCCCC2C1. The fourth-order valence-electron chi connectivity index (χ4n) is 3.55. The van der Waals surface area contributed by atoms with E-state index in [0.717, 1.165) is 45.2 Å². The lowest BCUT2D eigenvalue weighted by Gasteiger charge is -2.49. The van der Waals surface area contributed by atoms with Crippen LogP contribution in [0, 0.1) is 11.3 Å². The Hall–Kier alpha value is -0.610. The van der Waals surface area contributed by atoms with Gasteiger partial charge in [0.25, 0.3) is 0 Å². The Morgan fingerprint density at radius 3 is 2.94 bits per heavy atom. The second kappa shape index (κ2) is 4.94. The predicted octanol–water partition coefficient (Wildman–Crippen LogP) is 1.33. The van der Waals surface area contributed by atoms with Gasteiger partial charge < -0.3 is 10.8 Å². The molecule has 0 aromatic heterocycles. The Balaban J connectivity index is 2.03. The molecule has 0 aromatic rings. The molecule has 1 saturated heterocycles. The molecule has 1 aliphatic carbocycles. The van der Waals surface area contributed by atoms with E-state index in [9.17, 15) is 5.11 Å². The number of aliphatic hydroxyl groups is 1. The van der Waals surface area contributed by atoms with Crippen LogP contribution < -0.4 is 5.73 Å². The second-order valence-electron chi connectivity index (χ2n) is 5.67. The van der Waals surface area contributed by atoms with Gasteiger partial charge in [-0.1, -0.05) is 19.8 Å². The summed E-state index contributed by atoms with van der Waals surface area (Å²) in [7, 11) is 0. The third-order valence-electron chi connectivity index (χ3n) is 4.65. The molecule has 0 amide bonds. The van der Waals surface area contributed by atoms with E-state index in [4.69, 9.17) is 11.1 Å². The Labute approximate surface area is 104 Å². The maximum atomic E-state index is 10.6. The molecule has 4 nitrogen and oxygen atoms in total. The minimum Gasteiger partial charge on any atom is -0.390 e. The molecule has 3 unspecified atom stereocenters. The van der Waals surface area contributed by atoms with Crippen LogP contribution >= 0.6 is 0 Å². The first kappa shape index (κ1) is 12.8. The number of piperidine rings is 1. The van der Waals surface area contributed by atoms with Crippen molar-refractivity contribution in [1.29, 1.82) is 5.41 Å². The largest absolute Gasteiger partial charge is 0.390 e. The number of hydrogen-bond acceptors (Lipinski definition) is 3. The molecule has 3 atom stereocenters. The monoisotopic (exact) mass is 239 g/mol. The van der Waals surface area contributed by atoms with Crippen LogP contribution in [0.5, 0.6) is 0 Å². The Kier molecular flexibility index (Phi) is 3.73. The van der Waals surface area contributed by atoms with Crippen molar-refractivity contribution >= 4 is 5.84 Å². The average Bonchev–Trinajstić information content (AvgIpc) is 2.29. The van der Waals surface area contributed by atoms with Gasteiger partial charge in [-0.3, -0.25) is 10.3 Å². The average molecular weight is 239 g/mol. The molecule has 17 heavy (non-hydrogen) atoms. The summed E-state index contributed by atoms with van der Waals surface area (Å²) in [5, 5.41) is 18.2. The van der Waals surface area contributed by atoms with Crippen LogP contribution in [0.15, 0.2) is 0 Å². The molecule has 1 saturated carbocycles. The number of rotatable bonds is 3. The van der Waals surface area contributed by atoms with Gasteiger partial charge in [-0.15, -0.1) is 0 Å². The van der Waals surface area contributed by atoms with E-state index in [1.165, 1.54) is 6.42 Å². The first-order valence-corrected chi connectivity index (χ1v) is 6.87. The summed E-state index contributed by atoms with van der Waals surface area (Å²) in [6, 6.07) is 0.0708. The normalized spacial score (nSPS) is 36.2. The van der Waals surface area contributed by atoms with Gasteiger partial charge in [-0.25, -0.2) is 0 Å². The Morgan fingerprint density at radius 2 is 2.29 bits per heavy atom. The summed E-state index contributed by atoms with van der Waals surface area (Å²) in [6.07, 6.45) is 6.22. The van der Waals surface area contributed by atoms with Crippen LogP contribution in [0.1, 0.15) is 45.4 Å². The maximum Gasteiger partial charge on any atom is 0.108 e. The number of nitrogens with two attached hydrogens (primary N) is 1. The molecule has 2 fully saturated rings. The fourth-order valence-corrected chi connectivity index (χ4v) is 3.55. The predicted molar refractivity (Wildman–Crippen MR) is 69.1 cm³/mol. The lowest BCUT2D eigenvalue weighted by atomic mass is 9.71. The van der Waals surface area contributed by atoms with Crippen molar-refractivity contribution in [2.45, 2.75) is 57.1 Å². The molecular formula is C13H25N3O. The topological polar surface area (TPSA) is 73.3 Å². The quantitative estimate of drug-likeness (QED) is 0.514. The van der Waals surface area contributed by atoms with Crippen molar-refractivity contribution in [2.75, 3.05) is 13.1 Å². The first-order chi connectivity index (χ1) is 8.07. The fraction of sp³-hybridized carbons (Fsp3) is 0.923. The summed E-state index contributed by atoms with van der Waals surface area (Å²) in [6.45, 7) is 3.87. The number of nitrogens with zero attached hydrogens (tertiary/aromatic N) is 1. The van der Waals surface area contributed by atoms with Crippen molar-refractivity contribution in [3.05, 3.63) is 0 Å². The molecule has 0 spiro atoms. The number of likely N-dealkylation sites (tertiary alicyclic amines) is 1. The molecule has 0 aromatic carbocycles. The summed E-state index contributed by atoms with van der Waals surface area (Å²) in [5.41, 5.74) is 5.23. The van der Waals surface area contributed by atoms with Crippen molar-refractivity contribution < 1.29 is 5.11 Å². The molecule has 1 heterocycles. The lowest BCUT2D eigenvalue weighted by Crippen LogP contribution is -2.57. The molecule has 2 rings (SSSR count). The van der Waals surface area contributed by atoms with E-state index in [-0.39, 0.29) is 11.9 Å². The molecule has 4 N–H and O–H groups in total. The highest BCUT2D eigenvalue weighted by Crippen LogP contribution is 2.40. The maximum absolute atomic E-state index is 10.6. The van der Waals surface area contributed by atoms with E-state index in [2.05, 4.69) is 11.8 Å². The highest BCUT2D eigenvalue weighted by atomic mass is 16.3. The molecule has 4 heteroatoms. The van der Waals surface area contributed by atoms with Crippen molar-refractivity contribution in [1.82, 2.24) is 4.90 Å². The third kappa shape index (κ3) is 2.47. The van der Waals surface area contributed by atoms with Gasteiger partial charge in [0.05, 0.1) is 11.6 Å². The van der Waals surface area contributed by atoms with Gasteiger partial charge in [0.2, 0.25) is 0 Å². The van der Waals surface area contributed by atoms with Crippen LogP contribution in [0.2, 0.25) is 0 Å². The number of amidine groups is 1. The van der Waals surface area contributed by atoms with Crippen molar-refractivity contribution in [2.24, 2.45) is 11.7 Å². The van der Waals surface area contributed by atoms with Crippen molar-refractivity contribution in [3.8, 4) is 0 Å². The molecular weight excluding hydrogens is 214 g/mol. The zero-order chi connectivity index (χ0) is 12.5. The lowest BCUT2D eigenvalue weighted by molar-refractivity contribution is -0.0986.